The van der Waals surface area contributed by atoms with Gasteiger partial charge in [-0.05, 0) is 25.2 Å². The molecule has 0 radical (unpaired) electrons. The van der Waals surface area contributed by atoms with Gasteiger partial charge >= 0.3 is 0 Å². The van der Waals surface area contributed by atoms with Crippen molar-refractivity contribution >= 4 is 0 Å². The first-order valence-electron chi connectivity index (χ1n) is 7.25. The average molecular weight is 239 g/mol. The van der Waals surface area contributed by atoms with Crippen LogP contribution in [0.25, 0.3) is 0 Å². The maximum absolute atomic E-state index is 4.21. The van der Waals surface area contributed by atoms with Crippen LogP contribution in [-0.2, 0) is 12.8 Å². The summed E-state index contributed by atoms with van der Waals surface area (Å²) in [7, 11) is 0. The molecule has 0 spiro atoms. The van der Waals surface area contributed by atoms with E-state index < -0.39 is 0 Å². The van der Waals surface area contributed by atoms with Crippen LogP contribution < -0.4 is 0 Å². The molecule has 1 heterocycles. The average Bonchev–Trinajstić information content (AvgIpc) is 2.82. The maximum Gasteiger partial charge on any atom is 0.0859 e. The van der Waals surface area contributed by atoms with Gasteiger partial charge < -0.3 is 0 Å². The van der Waals surface area contributed by atoms with Crippen LogP contribution in [0, 0.1) is 5.92 Å². The van der Waals surface area contributed by atoms with Gasteiger partial charge in [0.25, 0.3) is 0 Å². The van der Waals surface area contributed by atoms with Crippen LogP contribution >= 0.6 is 0 Å². The van der Waals surface area contributed by atoms with Crippen molar-refractivity contribution in [3.8, 4) is 0 Å². The molecule has 0 bridgehead atoms. The summed E-state index contributed by atoms with van der Waals surface area (Å²) in [5.41, 5.74) is 2.41. The van der Waals surface area contributed by atoms with E-state index in [9.17, 15) is 0 Å². The van der Waals surface area contributed by atoms with Crippen LogP contribution in [0.1, 0.15) is 71.7 Å². The second-order valence-corrected chi connectivity index (χ2v) is 4.13. The van der Waals surface area contributed by atoms with Crippen LogP contribution in [0.5, 0.6) is 0 Å². The molecule has 0 saturated carbocycles. The third kappa shape index (κ3) is 5.85. The zero-order chi connectivity index (χ0) is 13.1. The Morgan fingerprint density at radius 2 is 1.59 bits per heavy atom. The first-order chi connectivity index (χ1) is 8.36. The monoisotopic (exact) mass is 239 g/mol. The second-order valence-electron chi connectivity index (χ2n) is 4.13. The molecule has 1 atom stereocenters. The van der Waals surface area contributed by atoms with Crippen LogP contribution in [0.2, 0.25) is 0 Å². The lowest BCUT2D eigenvalue weighted by atomic mass is 9.99. The van der Waals surface area contributed by atoms with Gasteiger partial charge in [0.05, 0.1) is 11.4 Å². The lowest BCUT2D eigenvalue weighted by Crippen LogP contribution is -2.01. The van der Waals surface area contributed by atoms with Crippen LogP contribution in [0.15, 0.2) is 0 Å². The minimum absolute atomic E-state index is 0.766. The summed E-state index contributed by atoms with van der Waals surface area (Å²) in [6.45, 7) is 10.3. The molecular weight excluding hydrogens is 210 g/mol. The molecule has 0 saturated heterocycles. The van der Waals surface area contributed by atoms with Crippen LogP contribution in [0.4, 0.5) is 0 Å². The van der Waals surface area contributed by atoms with Gasteiger partial charge in [-0.15, -0.1) is 0 Å². The first-order valence-corrected chi connectivity index (χ1v) is 7.25. The number of nitrogens with zero attached hydrogens (tertiary/aromatic N) is 2. The Balaban J connectivity index is 0.000000581. The van der Waals surface area contributed by atoms with Crippen molar-refractivity contribution < 1.29 is 0 Å². The summed E-state index contributed by atoms with van der Waals surface area (Å²) >= 11 is 0. The molecule has 1 aromatic rings. The van der Waals surface area contributed by atoms with E-state index in [0.717, 1.165) is 18.8 Å². The van der Waals surface area contributed by atoms with E-state index in [1.807, 2.05) is 27.7 Å². The second kappa shape index (κ2) is 10.3. The Morgan fingerprint density at radius 3 is 2.29 bits per heavy atom. The van der Waals surface area contributed by atoms with Gasteiger partial charge in [0, 0.05) is 0 Å². The highest BCUT2D eigenvalue weighted by Gasteiger charge is 2.13. The largest absolute Gasteiger partial charge is 0.197 e. The summed E-state index contributed by atoms with van der Waals surface area (Å²) < 4.78 is 0. The molecule has 1 aliphatic rings. The van der Waals surface area contributed by atoms with E-state index in [2.05, 4.69) is 22.3 Å². The minimum Gasteiger partial charge on any atom is -0.197 e. The van der Waals surface area contributed by atoms with E-state index in [-0.39, 0.29) is 0 Å². The SMILES string of the molecule is CC.CC.CC1CCCCCc2n[nH]nc2C1. The number of nitrogens with one attached hydrogen (secondary N) is 1. The number of aromatic amines is 1. The summed E-state index contributed by atoms with van der Waals surface area (Å²) in [5.74, 6) is 0.766. The Hall–Kier alpha value is -0.860. The highest BCUT2D eigenvalue weighted by molar-refractivity contribution is 5.09. The topological polar surface area (TPSA) is 41.6 Å². The van der Waals surface area contributed by atoms with Gasteiger partial charge in [-0.25, -0.2) is 0 Å². The number of hydrogen-bond donors (Lipinski definition) is 1. The van der Waals surface area contributed by atoms with E-state index in [0.29, 0.717) is 0 Å². The standard InChI is InChI=1S/C10H17N3.2C2H6/c1-8-5-3-2-4-6-9-10(7-8)12-13-11-9;2*1-2/h8H,2-7H2,1H3,(H,11,12,13);2*1-2H3. The molecule has 1 N–H and O–H groups in total. The van der Waals surface area contributed by atoms with E-state index >= 15 is 0 Å². The van der Waals surface area contributed by atoms with Crippen molar-refractivity contribution in [3.63, 3.8) is 0 Å². The van der Waals surface area contributed by atoms with Crippen LogP contribution in [-0.4, -0.2) is 15.4 Å². The Morgan fingerprint density at radius 1 is 0.941 bits per heavy atom. The lowest BCUT2D eigenvalue weighted by molar-refractivity contribution is 0.492. The van der Waals surface area contributed by atoms with Gasteiger partial charge in [0.15, 0.2) is 0 Å². The molecule has 3 nitrogen and oxygen atoms in total. The molecule has 2 rings (SSSR count). The number of aromatic nitrogens is 3. The number of aryl methyl sites for hydroxylation is 1. The molecule has 1 unspecified atom stereocenters. The smallest absolute Gasteiger partial charge is 0.0859 e. The van der Waals surface area contributed by atoms with E-state index in [1.165, 1.54) is 37.1 Å². The van der Waals surface area contributed by atoms with Crippen molar-refractivity contribution in [2.75, 3.05) is 0 Å². The Labute approximate surface area is 106 Å². The molecule has 3 heteroatoms. The fourth-order valence-corrected chi connectivity index (χ4v) is 2.03. The van der Waals surface area contributed by atoms with E-state index in [4.69, 9.17) is 0 Å². The molecule has 100 valence electrons. The molecule has 0 amide bonds. The normalized spacial score (nSPS) is 19.2. The van der Waals surface area contributed by atoms with Gasteiger partial charge in [-0.1, -0.05) is 53.9 Å². The number of hydrogen-bond acceptors (Lipinski definition) is 2. The Kier molecular flexibility index (Phi) is 9.78. The first kappa shape index (κ1) is 16.1. The molecule has 1 aromatic heterocycles. The molecule has 0 aromatic carbocycles. The third-order valence-corrected chi connectivity index (χ3v) is 2.86. The minimum atomic E-state index is 0.766. The summed E-state index contributed by atoms with van der Waals surface area (Å²) in [5, 5.41) is 11.1. The fourth-order valence-electron chi connectivity index (χ4n) is 2.03. The molecular formula is C14H29N3. The quantitative estimate of drug-likeness (QED) is 0.739. The zero-order valence-corrected chi connectivity index (χ0v) is 12.2. The maximum atomic E-state index is 4.21. The zero-order valence-electron chi connectivity index (χ0n) is 12.2. The fraction of sp³-hybridized carbons (Fsp3) is 0.857. The summed E-state index contributed by atoms with van der Waals surface area (Å²) in [4.78, 5) is 0. The van der Waals surface area contributed by atoms with Crippen molar-refractivity contribution in [3.05, 3.63) is 11.4 Å². The predicted molar refractivity (Wildman–Crippen MR) is 74.1 cm³/mol. The van der Waals surface area contributed by atoms with E-state index in [1.54, 1.807) is 0 Å². The van der Waals surface area contributed by atoms with Crippen molar-refractivity contribution in [1.82, 2.24) is 15.4 Å². The highest BCUT2D eigenvalue weighted by Crippen LogP contribution is 2.19. The third-order valence-electron chi connectivity index (χ3n) is 2.86. The van der Waals surface area contributed by atoms with Crippen molar-refractivity contribution in [1.29, 1.82) is 0 Å². The van der Waals surface area contributed by atoms with Crippen LogP contribution in [0.3, 0.4) is 0 Å². The number of H-pyrrole nitrogens is 1. The molecule has 0 aliphatic heterocycles. The van der Waals surface area contributed by atoms with Gasteiger partial charge in [0.1, 0.15) is 0 Å². The van der Waals surface area contributed by atoms with Gasteiger partial charge in [-0.2, -0.15) is 15.4 Å². The van der Waals surface area contributed by atoms with Crippen molar-refractivity contribution in [2.45, 2.75) is 73.1 Å². The molecule has 0 fully saturated rings. The number of fused-ring (bicyclic) bond motifs is 1. The predicted octanol–water partition coefficient (Wildman–Crippen LogP) is 4.15. The summed E-state index contributed by atoms with van der Waals surface area (Å²) in [6, 6.07) is 0. The van der Waals surface area contributed by atoms with Crippen molar-refractivity contribution in [2.24, 2.45) is 5.92 Å². The Bertz CT molecular complexity index is 268. The highest BCUT2D eigenvalue weighted by atomic mass is 15.3. The lowest BCUT2D eigenvalue weighted by Gasteiger charge is -2.06. The molecule has 17 heavy (non-hydrogen) atoms. The summed E-state index contributed by atoms with van der Waals surface area (Å²) in [6.07, 6.45) is 7.54. The molecule has 1 aliphatic carbocycles. The van der Waals surface area contributed by atoms with Gasteiger partial charge in [-0.3, -0.25) is 0 Å². The number of rotatable bonds is 0. The van der Waals surface area contributed by atoms with Gasteiger partial charge in [0.2, 0.25) is 0 Å².